The van der Waals surface area contributed by atoms with Gasteiger partial charge >= 0.3 is 5.97 Å². The molecule has 0 atom stereocenters. The van der Waals surface area contributed by atoms with Crippen LogP contribution in [0.3, 0.4) is 0 Å². The second-order valence-electron chi connectivity index (χ2n) is 2.39. The zero-order valence-corrected chi connectivity index (χ0v) is 8.14. The molecule has 76 valence electrons. The van der Waals surface area contributed by atoms with Gasteiger partial charge in [0.15, 0.2) is 0 Å². The first-order valence-electron chi connectivity index (χ1n) is 3.30. The van der Waals surface area contributed by atoms with Gasteiger partial charge in [-0.05, 0) is 18.2 Å². The third-order valence-corrected chi connectivity index (χ3v) is 2.78. The maximum atomic E-state index is 12.9. The van der Waals surface area contributed by atoms with Crippen LogP contribution in [0.4, 0.5) is 4.39 Å². The van der Waals surface area contributed by atoms with Crippen molar-refractivity contribution in [3.8, 4) is 0 Å². The monoisotopic (exact) mass is 238 g/mol. The van der Waals surface area contributed by atoms with Crippen molar-refractivity contribution in [3.63, 3.8) is 0 Å². The molecule has 0 aromatic heterocycles. The summed E-state index contributed by atoms with van der Waals surface area (Å²) in [5.74, 6) is -2.43. The Morgan fingerprint density at radius 2 is 2.00 bits per heavy atom. The van der Waals surface area contributed by atoms with Crippen LogP contribution < -0.4 is 0 Å². The SMILES string of the molecule is O=C(O)c1ccc(F)c(S(=O)(=O)Cl)c1. The summed E-state index contributed by atoms with van der Waals surface area (Å²) >= 11 is 0. The number of carboxylic acid groups (broad SMARTS) is 1. The van der Waals surface area contributed by atoms with E-state index in [-0.39, 0.29) is 5.56 Å². The molecule has 1 rings (SSSR count). The van der Waals surface area contributed by atoms with E-state index < -0.39 is 25.7 Å². The fourth-order valence-electron chi connectivity index (χ4n) is 0.823. The van der Waals surface area contributed by atoms with E-state index >= 15 is 0 Å². The topological polar surface area (TPSA) is 71.4 Å². The van der Waals surface area contributed by atoms with Gasteiger partial charge in [0.2, 0.25) is 0 Å². The summed E-state index contributed by atoms with van der Waals surface area (Å²) in [6.45, 7) is 0. The molecule has 4 nitrogen and oxygen atoms in total. The Balaban J connectivity index is 3.44. The number of rotatable bonds is 2. The molecule has 0 saturated carbocycles. The molecular weight excluding hydrogens is 235 g/mol. The van der Waals surface area contributed by atoms with Crippen LogP contribution in [-0.2, 0) is 9.05 Å². The Kier molecular flexibility index (Phi) is 2.77. The first kappa shape index (κ1) is 10.9. The fourth-order valence-corrected chi connectivity index (χ4v) is 1.75. The average molecular weight is 239 g/mol. The second-order valence-corrected chi connectivity index (χ2v) is 4.92. The summed E-state index contributed by atoms with van der Waals surface area (Å²) in [6.07, 6.45) is 0. The number of carboxylic acids is 1. The van der Waals surface area contributed by atoms with Crippen LogP contribution in [0.5, 0.6) is 0 Å². The first-order chi connectivity index (χ1) is 6.32. The van der Waals surface area contributed by atoms with E-state index in [0.717, 1.165) is 12.1 Å². The van der Waals surface area contributed by atoms with Gasteiger partial charge in [-0.3, -0.25) is 0 Å². The minimum atomic E-state index is -4.26. The maximum Gasteiger partial charge on any atom is 0.335 e. The summed E-state index contributed by atoms with van der Waals surface area (Å²) in [6, 6.07) is 2.35. The molecule has 0 aliphatic heterocycles. The summed E-state index contributed by atoms with van der Waals surface area (Å²) < 4.78 is 34.4. The number of hydrogen-bond acceptors (Lipinski definition) is 3. The summed E-state index contributed by atoms with van der Waals surface area (Å²) in [5, 5.41) is 8.51. The lowest BCUT2D eigenvalue weighted by molar-refractivity contribution is 0.0696. The van der Waals surface area contributed by atoms with Gasteiger partial charge in [-0.25, -0.2) is 17.6 Å². The predicted octanol–water partition coefficient (Wildman–Crippen LogP) is 1.45. The van der Waals surface area contributed by atoms with Crippen molar-refractivity contribution in [2.24, 2.45) is 0 Å². The van der Waals surface area contributed by atoms with E-state index in [1.807, 2.05) is 0 Å². The third kappa shape index (κ3) is 2.21. The van der Waals surface area contributed by atoms with Crippen LogP contribution in [0.1, 0.15) is 10.4 Å². The molecule has 1 aromatic rings. The number of benzene rings is 1. The van der Waals surface area contributed by atoms with Crippen LogP contribution >= 0.6 is 10.7 Å². The molecule has 0 aliphatic rings. The minimum absolute atomic E-state index is 0.342. The van der Waals surface area contributed by atoms with Crippen molar-refractivity contribution in [1.82, 2.24) is 0 Å². The van der Waals surface area contributed by atoms with Crippen molar-refractivity contribution >= 4 is 25.7 Å². The van der Waals surface area contributed by atoms with Gasteiger partial charge in [0, 0.05) is 10.7 Å². The normalized spacial score (nSPS) is 11.3. The molecule has 0 bridgehead atoms. The largest absolute Gasteiger partial charge is 0.478 e. The van der Waals surface area contributed by atoms with E-state index in [2.05, 4.69) is 0 Å². The van der Waals surface area contributed by atoms with Gasteiger partial charge in [0.1, 0.15) is 10.7 Å². The molecule has 1 N–H and O–H groups in total. The Labute approximate surface area is 83.4 Å². The predicted molar refractivity (Wildman–Crippen MR) is 46.4 cm³/mol. The van der Waals surface area contributed by atoms with Gasteiger partial charge < -0.3 is 5.11 Å². The lowest BCUT2D eigenvalue weighted by atomic mass is 10.2. The molecule has 14 heavy (non-hydrogen) atoms. The molecular formula is C7H4ClFO4S. The third-order valence-electron chi connectivity index (χ3n) is 1.44. The van der Waals surface area contributed by atoms with Crippen LogP contribution in [-0.4, -0.2) is 19.5 Å². The molecule has 0 spiro atoms. The van der Waals surface area contributed by atoms with Crippen molar-refractivity contribution in [2.45, 2.75) is 4.90 Å². The lowest BCUT2D eigenvalue weighted by Gasteiger charge is -1.99. The minimum Gasteiger partial charge on any atom is -0.478 e. The molecule has 0 unspecified atom stereocenters. The van der Waals surface area contributed by atoms with Crippen molar-refractivity contribution in [2.75, 3.05) is 0 Å². The number of aromatic carboxylic acids is 1. The highest BCUT2D eigenvalue weighted by Gasteiger charge is 2.18. The van der Waals surface area contributed by atoms with E-state index in [9.17, 15) is 17.6 Å². The van der Waals surface area contributed by atoms with E-state index in [4.69, 9.17) is 15.8 Å². The van der Waals surface area contributed by atoms with Gasteiger partial charge in [0.25, 0.3) is 9.05 Å². The maximum absolute atomic E-state index is 12.9. The van der Waals surface area contributed by atoms with Gasteiger partial charge in [0.05, 0.1) is 5.56 Å². The Bertz CT molecular complexity index is 482. The Hall–Kier alpha value is -1.14. The molecule has 0 radical (unpaired) electrons. The van der Waals surface area contributed by atoms with Gasteiger partial charge in [-0.1, -0.05) is 0 Å². The molecule has 7 heteroatoms. The van der Waals surface area contributed by atoms with E-state index in [1.165, 1.54) is 0 Å². The van der Waals surface area contributed by atoms with Crippen molar-refractivity contribution in [1.29, 1.82) is 0 Å². The molecule has 0 saturated heterocycles. The summed E-state index contributed by atoms with van der Waals surface area (Å²) in [5.41, 5.74) is -0.342. The van der Waals surface area contributed by atoms with Gasteiger partial charge in [-0.2, -0.15) is 0 Å². The number of carbonyl (C=O) groups is 1. The van der Waals surface area contributed by atoms with Crippen LogP contribution in [0.25, 0.3) is 0 Å². The first-order valence-corrected chi connectivity index (χ1v) is 5.61. The number of hydrogen-bond donors (Lipinski definition) is 1. The Morgan fingerprint density at radius 1 is 1.43 bits per heavy atom. The van der Waals surface area contributed by atoms with E-state index in [0.29, 0.717) is 6.07 Å². The van der Waals surface area contributed by atoms with Crippen molar-refractivity contribution < 1.29 is 22.7 Å². The zero-order chi connectivity index (χ0) is 10.9. The molecule has 1 aromatic carbocycles. The number of halogens is 2. The fraction of sp³-hybridized carbons (Fsp3) is 0. The van der Waals surface area contributed by atoms with Crippen LogP contribution in [0.15, 0.2) is 23.1 Å². The van der Waals surface area contributed by atoms with Crippen LogP contribution in [0.2, 0.25) is 0 Å². The smallest absolute Gasteiger partial charge is 0.335 e. The standard InChI is InChI=1S/C7H4ClFO4S/c8-14(12,13)6-3-4(7(10)11)1-2-5(6)9/h1-3H,(H,10,11). The summed E-state index contributed by atoms with van der Waals surface area (Å²) in [4.78, 5) is 9.60. The summed E-state index contributed by atoms with van der Waals surface area (Å²) in [7, 11) is 0.624. The van der Waals surface area contributed by atoms with Crippen molar-refractivity contribution in [3.05, 3.63) is 29.6 Å². The highest BCUT2D eigenvalue weighted by Crippen LogP contribution is 2.20. The molecule has 0 aliphatic carbocycles. The van der Waals surface area contributed by atoms with E-state index in [1.54, 1.807) is 0 Å². The average Bonchev–Trinajstić information content (AvgIpc) is 2.02. The van der Waals surface area contributed by atoms with Crippen LogP contribution in [0, 0.1) is 5.82 Å². The quantitative estimate of drug-likeness (QED) is 0.792. The van der Waals surface area contributed by atoms with Gasteiger partial charge in [-0.15, -0.1) is 0 Å². The second kappa shape index (κ2) is 3.55. The highest BCUT2D eigenvalue weighted by atomic mass is 35.7. The molecule has 0 heterocycles. The molecule has 0 amide bonds. The molecule has 0 fully saturated rings. The highest BCUT2D eigenvalue weighted by molar-refractivity contribution is 8.13. The lowest BCUT2D eigenvalue weighted by Crippen LogP contribution is -2.01. The zero-order valence-electron chi connectivity index (χ0n) is 6.57. The Morgan fingerprint density at radius 3 is 2.43 bits per heavy atom.